The van der Waals surface area contributed by atoms with Crippen LogP contribution in [0.2, 0.25) is 0 Å². The number of benzene rings is 1. The molecule has 0 aliphatic carbocycles. The minimum Gasteiger partial charge on any atom is -0.472 e. The second-order valence-electron chi connectivity index (χ2n) is 6.11. The van der Waals surface area contributed by atoms with Gasteiger partial charge >= 0.3 is 0 Å². The molecule has 1 aliphatic heterocycles. The van der Waals surface area contributed by atoms with Crippen LogP contribution in [0.15, 0.2) is 42.6 Å². The number of ether oxygens (including phenoxy) is 2. The fraction of sp³-hybridized carbons (Fsp3) is 0.368. The Hall–Kier alpha value is -2.54. The van der Waals surface area contributed by atoms with Crippen molar-refractivity contribution in [2.24, 2.45) is 0 Å². The number of carbonyl (C=O) groups excluding carboxylic acids is 1. The second-order valence-corrected chi connectivity index (χ2v) is 6.11. The zero-order valence-electron chi connectivity index (χ0n) is 14.2. The highest BCUT2D eigenvalue weighted by molar-refractivity contribution is 5.76. The standard InChI is InChI=1S/C19H20F2N2O3/c20-14-6-4-13(11-15(14)21)5-7-18(24)23-16-12-25-10-8-17(16)26-19-3-1-2-9-22-19/h1-4,6,9,11,16-17H,5,7-8,10,12H2,(H,23,24)/t16-,17-/m1/s1. The van der Waals surface area contributed by atoms with Crippen molar-refractivity contribution in [1.82, 2.24) is 10.3 Å². The minimum atomic E-state index is -0.910. The van der Waals surface area contributed by atoms with Crippen LogP contribution in [0.25, 0.3) is 0 Å². The highest BCUT2D eigenvalue weighted by Gasteiger charge is 2.29. The summed E-state index contributed by atoms with van der Waals surface area (Å²) in [7, 11) is 0. The van der Waals surface area contributed by atoms with Crippen LogP contribution in [0.1, 0.15) is 18.4 Å². The molecule has 0 radical (unpaired) electrons. The molecule has 1 aromatic heterocycles. The second kappa shape index (κ2) is 8.71. The topological polar surface area (TPSA) is 60.5 Å². The monoisotopic (exact) mass is 362 g/mol. The van der Waals surface area contributed by atoms with Crippen molar-refractivity contribution in [3.8, 4) is 5.88 Å². The number of aromatic nitrogens is 1. The number of pyridine rings is 1. The number of amides is 1. The summed E-state index contributed by atoms with van der Waals surface area (Å²) in [5.41, 5.74) is 0.570. The van der Waals surface area contributed by atoms with E-state index in [1.165, 1.54) is 6.07 Å². The van der Waals surface area contributed by atoms with Crippen LogP contribution in [0.4, 0.5) is 8.78 Å². The van der Waals surface area contributed by atoms with Crippen LogP contribution in [-0.2, 0) is 16.0 Å². The first-order chi connectivity index (χ1) is 12.6. The lowest BCUT2D eigenvalue weighted by molar-refractivity contribution is -0.124. The largest absolute Gasteiger partial charge is 0.472 e. The van der Waals surface area contributed by atoms with E-state index in [0.29, 0.717) is 37.5 Å². The Labute approximate surface area is 150 Å². The van der Waals surface area contributed by atoms with E-state index < -0.39 is 11.6 Å². The first-order valence-corrected chi connectivity index (χ1v) is 8.50. The van der Waals surface area contributed by atoms with Gasteiger partial charge in [-0.25, -0.2) is 13.8 Å². The molecule has 1 saturated heterocycles. The molecule has 1 aromatic carbocycles. The molecule has 1 aliphatic rings. The zero-order valence-corrected chi connectivity index (χ0v) is 14.2. The van der Waals surface area contributed by atoms with Gasteiger partial charge in [0.25, 0.3) is 0 Å². The molecule has 2 atom stereocenters. The third-order valence-corrected chi connectivity index (χ3v) is 4.17. The van der Waals surface area contributed by atoms with Gasteiger partial charge in [0, 0.05) is 25.1 Å². The van der Waals surface area contributed by atoms with Gasteiger partial charge in [0.05, 0.1) is 19.3 Å². The maximum atomic E-state index is 13.2. The molecule has 2 aromatic rings. The van der Waals surface area contributed by atoms with Gasteiger partial charge in [0.15, 0.2) is 11.6 Å². The fourth-order valence-electron chi connectivity index (χ4n) is 2.80. The van der Waals surface area contributed by atoms with Crippen molar-refractivity contribution in [3.63, 3.8) is 0 Å². The van der Waals surface area contributed by atoms with E-state index in [0.717, 1.165) is 12.1 Å². The molecule has 3 rings (SSSR count). The Kier molecular flexibility index (Phi) is 6.12. The van der Waals surface area contributed by atoms with Crippen LogP contribution in [-0.4, -0.2) is 36.3 Å². The molecular formula is C19H20F2N2O3. The van der Waals surface area contributed by atoms with Gasteiger partial charge in [-0.2, -0.15) is 0 Å². The fourth-order valence-corrected chi connectivity index (χ4v) is 2.80. The molecule has 2 heterocycles. The third-order valence-electron chi connectivity index (χ3n) is 4.17. The van der Waals surface area contributed by atoms with E-state index in [-0.39, 0.29) is 24.5 Å². The van der Waals surface area contributed by atoms with Gasteiger partial charge < -0.3 is 14.8 Å². The van der Waals surface area contributed by atoms with E-state index in [4.69, 9.17) is 9.47 Å². The number of rotatable bonds is 6. The Bertz CT molecular complexity index is 743. The van der Waals surface area contributed by atoms with Crippen molar-refractivity contribution in [3.05, 3.63) is 59.8 Å². The van der Waals surface area contributed by atoms with Gasteiger partial charge in [0.2, 0.25) is 11.8 Å². The highest BCUT2D eigenvalue weighted by Crippen LogP contribution is 2.16. The van der Waals surface area contributed by atoms with Gasteiger partial charge in [-0.05, 0) is 30.2 Å². The van der Waals surface area contributed by atoms with Crippen LogP contribution >= 0.6 is 0 Å². The van der Waals surface area contributed by atoms with E-state index in [9.17, 15) is 13.6 Å². The Morgan fingerprint density at radius 2 is 2.15 bits per heavy atom. The summed E-state index contributed by atoms with van der Waals surface area (Å²) < 4.78 is 37.5. The smallest absolute Gasteiger partial charge is 0.220 e. The van der Waals surface area contributed by atoms with Gasteiger partial charge in [-0.1, -0.05) is 12.1 Å². The van der Waals surface area contributed by atoms with Crippen LogP contribution in [0.3, 0.4) is 0 Å². The number of halogens is 2. The average molecular weight is 362 g/mol. The summed E-state index contributed by atoms with van der Waals surface area (Å²) in [6.07, 6.45) is 2.54. The number of carbonyl (C=O) groups is 1. The molecule has 0 unspecified atom stereocenters. The number of hydrogen-bond acceptors (Lipinski definition) is 4. The van der Waals surface area contributed by atoms with Crippen LogP contribution < -0.4 is 10.1 Å². The molecule has 5 nitrogen and oxygen atoms in total. The van der Waals surface area contributed by atoms with Crippen LogP contribution in [0, 0.1) is 11.6 Å². The lowest BCUT2D eigenvalue weighted by Gasteiger charge is -2.32. The average Bonchev–Trinajstić information content (AvgIpc) is 2.65. The molecule has 0 saturated carbocycles. The summed E-state index contributed by atoms with van der Waals surface area (Å²) in [6, 6.07) is 8.75. The molecule has 0 spiro atoms. The predicted octanol–water partition coefficient (Wildman–Crippen LogP) is 2.65. The SMILES string of the molecule is O=C(CCc1ccc(F)c(F)c1)N[C@@H]1COCC[C@H]1Oc1ccccn1. The molecule has 138 valence electrons. The molecule has 1 N–H and O–H groups in total. The first-order valence-electron chi connectivity index (χ1n) is 8.50. The Balaban J connectivity index is 1.53. The molecule has 7 heteroatoms. The summed E-state index contributed by atoms with van der Waals surface area (Å²) in [6.45, 7) is 0.910. The normalized spacial score (nSPS) is 19.8. The maximum absolute atomic E-state index is 13.2. The molecule has 26 heavy (non-hydrogen) atoms. The van der Waals surface area contributed by atoms with Gasteiger partial charge in [-0.15, -0.1) is 0 Å². The number of aryl methyl sites for hydroxylation is 1. The predicted molar refractivity (Wildman–Crippen MR) is 90.7 cm³/mol. The summed E-state index contributed by atoms with van der Waals surface area (Å²) in [4.78, 5) is 16.4. The number of nitrogens with one attached hydrogen (secondary N) is 1. The van der Waals surface area contributed by atoms with Crippen molar-refractivity contribution in [2.75, 3.05) is 13.2 Å². The summed E-state index contributed by atoms with van der Waals surface area (Å²) in [5, 5.41) is 2.90. The van der Waals surface area contributed by atoms with Crippen molar-refractivity contribution in [2.45, 2.75) is 31.4 Å². The van der Waals surface area contributed by atoms with E-state index >= 15 is 0 Å². The van der Waals surface area contributed by atoms with Gasteiger partial charge in [-0.3, -0.25) is 4.79 Å². The van der Waals surface area contributed by atoms with E-state index in [1.54, 1.807) is 18.3 Å². The Morgan fingerprint density at radius 3 is 2.92 bits per heavy atom. The van der Waals surface area contributed by atoms with E-state index in [1.807, 2.05) is 6.07 Å². The highest BCUT2D eigenvalue weighted by atomic mass is 19.2. The van der Waals surface area contributed by atoms with Crippen LogP contribution in [0.5, 0.6) is 5.88 Å². The quantitative estimate of drug-likeness (QED) is 0.858. The third kappa shape index (κ3) is 4.98. The van der Waals surface area contributed by atoms with Gasteiger partial charge in [0.1, 0.15) is 6.10 Å². The van der Waals surface area contributed by atoms with E-state index in [2.05, 4.69) is 10.3 Å². The summed E-state index contributed by atoms with van der Waals surface area (Å²) >= 11 is 0. The Morgan fingerprint density at radius 1 is 1.27 bits per heavy atom. The molecule has 1 amide bonds. The summed E-state index contributed by atoms with van der Waals surface area (Å²) in [5.74, 6) is -1.50. The number of nitrogens with zero attached hydrogens (tertiary/aromatic N) is 1. The minimum absolute atomic E-state index is 0.165. The lowest BCUT2D eigenvalue weighted by Crippen LogP contribution is -2.51. The molecule has 0 bridgehead atoms. The lowest BCUT2D eigenvalue weighted by atomic mass is 10.1. The van der Waals surface area contributed by atoms with Crippen molar-refractivity contribution >= 4 is 5.91 Å². The first kappa shape index (κ1) is 18.3. The number of hydrogen-bond donors (Lipinski definition) is 1. The zero-order chi connectivity index (χ0) is 18.4. The van der Waals surface area contributed by atoms with Crippen molar-refractivity contribution < 1.29 is 23.0 Å². The maximum Gasteiger partial charge on any atom is 0.220 e. The van der Waals surface area contributed by atoms with Crippen molar-refractivity contribution in [1.29, 1.82) is 0 Å². The molecule has 1 fully saturated rings. The molecular weight excluding hydrogens is 342 g/mol.